The van der Waals surface area contributed by atoms with Gasteiger partial charge in [-0.3, -0.25) is 4.79 Å². The van der Waals surface area contributed by atoms with E-state index in [9.17, 15) is 9.18 Å². The van der Waals surface area contributed by atoms with E-state index in [1.54, 1.807) is 24.5 Å². The topological polar surface area (TPSA) is 51.5 Å². The molecule has 1 amide bonds. The van der Waals surface area contributed by atoms with Gasteiger partial charge >= 0.3 is 0 Å². The summed E-state index contributed by atoms with van der Waals surface area (Å²) in [7, 11) is 0. The van der Waals surface area contributed by atoms with Gasteiger partial charge in [0.15, 0.2) is 0 Å². The molecule has 0 saturated carbocycles. The molecule has 1 aromatic heterocycles. The predicted octanol–water partition coefficient (Wildman–Crippen LogP) is 7.32. The minimum atomic E-state index is -0.308. The molecule has 0 saturated heterocycles. The molecule has 0 bridgehead atoms. The van der Waals surface area contributed by atoms with Crippen LogP contribution in [0.15, 0.2) is 71.4 Å². The summed E-state index contributed by atoms with van der Waals surface area (Å²) < 4.78 is 25.0. The summed E-state index contributed by atoms with van der Waals surface area (Å²) >= 11 is 6.06. The number of furan rings is 1. The monoisotopic (exact) mass is 477 g/mol. The lowest BCUT2D eigenvalue weighted by atomic mass is 9.96. The Hall–Kier alpha value is -3.57. The summed E-state index contributed by atoms with van der Waals surface area (Å²) in [4.78, 5) is 12.6. The summed E-state index contributed by atoms with van der Waals surface area (Å²) in [6.07, 6.45) is 3.28. The standard InChI is InChI=1S/C28H25ClFNO3/c1-4-33-27-18(3)28-24(25(16-34-28)20-7-9-21(29)10-8-20)14-23(27)17(2)13-26(32)31-15-19-5-11-22(30)12-6-19/h5-14,16H,4,15H2,1-3H3,(H,31,32)/b17-13+. The molecule has 0 atom stereocenters. The highest BCUT2D eigenvalue weighted by Crippen LogP contribution is 2.40. The molecular formula is C28H25ClFNO3. The van der Waals surface area contributed by atoms with Gasteiger partial charge in [-0.1, -0.05) is 35.9 Å². The van der Waals surface area contributed by atoms with Gasteiger partial charge < -0.3 is 14.5 Å². The summed E-state index contributed by atoms with van der Waals surface area (Å²) in [5.74, 6) is 0.136. The number of nitrogens with one attached hydrogen (secondary N) is 1. The van der Waals surface area contributed by atoms with E-state index in [0.29, 0.717) is 23.9 Å². The van der Waals surface area contributed by atoms with Crippen molar-refractivity contribution < 1.29 is 18.3 Å². The summed E-state index contributed by atoms with van der Waals surface area (Å²) in [6, 6.07) is 15.6. The Morgan fingerprint density at radius 2 is 1.85 bits per heavy atom. The number of fused-ring (bicyclic) bond motifs is 1. The van der Waals surface area contributed by atoms with Crippen molar-refractivity contribution in [3.8, 4) is 16.9 Å². The van der Waals surface area contributed by atoms with Gasteiger partial charge in [-0.2, -0.15) is 0 Å². The van der Waals surface area contributed by atoms with Crippen LogP contribution in [-0.4, -0.2) is 12.5 Å². The van der Waals surface area contributed by atoms with E-state index in [1.807, 2.05) is 51.1 Å². The molecule has 4 nitrogen and oxygen atoms in total. The molecule has 4 aromatic rings. The Morgan fingerprint density at radius 3 is 2.53 bits per heavy atom. The molecule has 4 rings (SSSR count). The minimum absolute atomic E-state index is 0.243. The fourth-order valence-electron chi connectivity index (χ4n) is 3.91. The van der Waals surface area contributed by atoms with Crippen LogP contribution in [0.25, 0.3) is 27.7 Å². The van der Waals surface area contributed by atoms with Crippen LogP contribution in [0.4, 0.5) is 4.39 Å². The van der Waals surface area contributed by atoms with Crippen LogP contribution in [0.1, 0.15) is 30.5 Å². The van der Waals surface area contributed by atoms with Crippen molar-refractivity contribution in [3.05, 3.63) is 94.5 Å². The van der Waals surface area contributed by atoms with Gasteiger partial charge in [0.05, 0.1) is 12.9 Å². The zero-order valence-electron chi connectivity index (χ0n) is 19.2. The summed E-state index contributed by atoms with van der Waals surface area (Å²) in [5, 5.41) is 4.44. The van der Waals surface area contributed by atoms with Crippen LogP contribution >= 0.6 is 11.6 Å². The van der Waals surface area contributed by atoms with Gasteiger partial charge in [0, 0.05) is 39.7 Å². The molecule has 6 heteroatoms. The van der Waals surface area contributed by atoms with E-state index in [4.69, 9.17) is 20.8 Å². The number of hydrogen-bond acceptors (Lipinski definition) is 3. The van der Waals surface area contributed by atoms with E-state index in [2.05, 4.69) is 5.32 Å². The van der Waals surface area contributed by atoms with Crippen LogP contribution in [0.3, 0.4) is 0 Å². The first kappa shape index (κ1) is 23.6. The lowest BCUT2D eigenvalue weighted by Gasteiger charge is -2.15. The Balaban J connectivity index is 1.69. The lowest BCUT2D eigenvalue weighted by Crippen LogP contribution is -2.20. The smallest absolute Gasteiger partial charge is 0.244 e. The SMILES string of the molecule is CCOc1c(/C(C)=C/C(=O)NCc2ccc(F)cc2)cc2c(-c3ccc(Cl)cc3)coc2c1C. The predicted molar refractivity (Wildman–Crippen MR) is 134 cm³/mol. The number of ether oxygens (including phenoxy) is 1. The van der Waals surface area contributed by atoms with Gasteiger partial charge in [0.2, 0.25) is 5.91 Å². The molecular weight excluding hydrogens is 453 g/mol. The summed E-state index contributed by atoms with van der Waals surface area (Å²) in [6.45, 7) is 6.54. The van der Waals surface area contributed by atoms with E-state index < -0.39 is 0 Å². The van der Waals surface area contributed by atoms with Gasteiger partial charge in [-0.05, 0) is 67.8 Å². The van der Waals surface area contributed by atoms with Gasteiger partial charge in [-0.25, -0.2) is 4.39 Å². The second-order valence-corrected chi connectivity index (χ2v) is 8.45. The quantitative estimate of drug-likeness (QED) is 0.284. The maximum Gasteiger partial charge on any atom is 0.244 e. The van der Waals surface area contributed by atoms with Gasteiger partial charge in [0.25, 0.3) is 0 Å². The van der Waals surface area contributed by atoms with Crippen LogP contribution < -0.4 is 10.1 Å². The van der Waals surface area contributed by atoms with Crippen molar-refractivity contribution in [2.45, 2.75) is 27.3 Å². The first-order valence-electron chi connectivity index (χ1n) is 11.0. The Bertz CT molecular complexity index is 1360. The normalized spacial score (nSPS) is 11.6. The number of carbonyl (C=O) groups excluding carboxylic acids is 1. The highest BCUT2D eigenvalue weighted by molar-refractivity contribution is 6.30. The van der Waals surface area contributed by atoms with Crippen LogP contribution in [-0.2, 0) is 11.3 Å². The molecule has 0 fully saturated rings. The minimum Gasteiger partial charge on any atom is -0.493 e. The van der Waals surface area contributed by atoms with Gasteiger partial charge in [-0.15, -0.1) is 0 Å². The largest absolute Gasteiger partial charge is 0.493 e. The van der Waals surface area contributed by atoms with Crippen molar-refractivity contribution in [3.63, 3.8) is 0 Å². The molecule has 0 aliphatic carbocycles. The van der Waals surface area contributed by atoms with E-state index >= 15 is 0 Å². The number of carbonyl (C=O) groups is 1. The average molecular weight is 478 g/mol. The number of rotatable bonds is 7. The fourth-order valence-corrected chi connectivity index (χ4v) is 4.03. The van der Waals surface area contributed by atoms with Crippen LogP contribution in [0.2, 0.25) is 5.02 Å². The molecule has 0 aliphatic heterocycles. The third-order valence-corrected chi connectivity index (χ3v) is 5.89. The number of allylic oxidation sites excluding steroid dienone is 1. The first-order chi connectivity index (χ1) is 16.4. The molecule has 0 spiro atoms. The number of hydrogen-bond donors (Lipinski definition) is 1. The zero-order chi connectivity index (χ0) is 24.2. The van der Waals surface area contributed by atoms with Gasteiger partial charge in [0.1, 0.15) is 17.1 Å². The second kappa shape index (κ2) is 10.1. The maximum atomic E-state index is 13.1. The number of amides is 1. The molecule has 0 unspecified atom stereocenters. The molecule has 34 heavy (non-hydrogen) atoms. The Labute approximate surface area is 203 Å². The number of benzene rings is 3. The van der Waals surface area contributed by atoms with E-state index in [0.717, 1.165) is 44.4 Å². The molecule has 0 aliphatic rings. The van der Waals surface area contributed by atoms with E-state index in [-0.39, 0.29) is 11.7 Å². The van der Waals surface area contributed by atoms with Crippen molar-refractivity contribution in [1.29, 1.82) is 0 Å². The van der Waals surface area contributed by atoms with Crippen molar-refractivity contribution in [2.24, 2.45) is 0 Å². The van der Waals surface area contributed by atoms with E-state index in [1.165, 1.54) is 12.1 Å². The molecule has 0 radical (unpaired) electrons. The number of halogens is 2. The average Bonchev–Trinajstić information content (AvgIpc) is 3.25. The summed E-state index contributed by atoms with van der Waals surface area (Å²) in [5.41, 5.74) is 5.93. The molecule has 1 N–H and O–H groups in total. The maximum absolute atomic E-state index is 13.1. The van der Waals surface area contributed by atoms with Crippen LogP contribution in [0, 0.1) is 12.7 Å². The third-order valence-electron chi connectivity index (χ3n) is 5.64. The first-order valence-corrected chi connectivity index (χ1v) is 11.4. The second-order valence-electron chi connectivity index (χ2n) is 8.02. The molecule has 174 valence electrons. The number of aryl methyl sites for hydroxylation is 1. The highest BCUT2D eigenvalue weighted by atomic mass is 35.5. The van der Waals surface area contributed by atoms with Crippen LogP contribution in [0.5, 0.6) is 5.75 Å². The van der Waals surface area contributed by atoms with Crippen molar-refractivity contribution >= 4 is 34.1 Å². The molecule has 3 aromatic carbocycles. The van der Waals surface area contributed by atoms with Crippen molar-refractivity contribution in [1.82, 2.24) is 5.32 Å². The Morgan fingerprint density at radius 1 is 1.15 bits per heavy atom. The van der Waals surface area contributed by atoms with Crippen molar-refractivity contribution in [2.75, 3.05) is 6.61 Å². The lowest BCUT2D eigenvalue weighted by molar-refractivity contribution is -0.116. The molecule has 1 heterocycles. The Kier molecular flexibility index (Phi) is 7.03. The zero-order valence-corrected chi connectivity index (χ0v) is 20.0. The highest BCUT2D eigenvalue weighted by Gasteiger charge is 2.19. The fraction of sp³-hybridized carbons (Fsp3) is 0.179. The third kappa shape index (κ3) is 5.00.